The summed E-state index contributed by atoms with van der Waals surface area (Å²) in [5.41, 5.74) is 1.59. The maximum atomic E-state index is 14.2. The van der Waals surface area contributed by atoms with Crippen molar-refractivity contribution >= 4 is 62.3 Å². The lowest BCUT2D eigenvalue weighted by molar-refractivity contribution is -0.140. The number of benzene rings is 3. The van der Waals surface area contributed by atoms with Gasteiger partial charge in [-0.3, -0.25) is 13.9 Å². The molecule has 3 aromatic rings. The number of nitrogens with zero attached hydrogens (tertiary/aromatic N) is 2. The highest BCUT2D eigenvalue weighted by molar-refractivity contribution is 7.92. The van der Waals surface area contributed by atoms with Crippen molar-refractivity contribution < 1.29 is 22.7 Å². The van der Waals surface area contributed by atoms with Gasteiger partial charge in [-0.05, 0) is 67.8 Å². The highest BCUT2D eigenvalue weighted by Gasteiger charge is 2.34. The van der Waals surface area contributed by atoms with Gasteiger partial charge in [0, 0.05) is 23.1 Å². The molecule has 1 unspecified atom stereocenters. The number of hydrogen-bond acceptors (Lipinski definition) is 5. The summed E-state index contributed by atoms with van der Waals surface area (Å²) in [6, 6.07) is 14.8. The highest BCUT2D eigenvalue weighted by Crippen LogP contribution is 2.32. The molecular weight excluding hydrogens is 633 g/mol. The molecule has 8 nitrogen and oxygen atoms in total. The third kappa shape index (κ3) is 8.79. The second-order valence-electron chi connectivity index (χ2n) is 9.97. The fourth-order valence-corrected chi connectivity index (χ4v) is 6.56. The lowest BCUT2D eigenvalue weighted by Crippen LogP contribution is -2.52. The predicted octanol–water partition coefficient (Wildman–Crippen LogP) is 6.88. The molecule has 0 aliphatic carbocycles. The number of halogens is 3. The van der Waals surface area contributed by atoms with Crippen LogP contribution in [0.5, 0.6) is 5.75 Å². The lowest BCUT2D eigenvalue weighted by Gasteiger charge is -2.33. The van der Waals surface area contributed by atoms with E-state index in [1.54, 1.807) is 37.3 Å². The topological polar surface area (TPSA) is 96.0 Å². The zero-order chi connectivity index (χ0) is 31.7. The zero-order valence-corrected chi connectivity index (χ0v) is 27.7. The summed E-state index contributed by atoms with van der Waals surface area (Å²) in [5, 5.41) is 3.80. The van der Waals surface area contributed by atoms with Gasteiger partial charge in [-0.2, -0.15) is 0 Å². The monoisotopic (exact) mass is 667 g/mol. The first-order valence-electron chi connectivity index (χ1n) is 13.9. The molecule has 43 heavy (non-hydrogen) atoms. The predicted molar refractivity (Wildman–Crippen MR) is 173 cm³/mol. The van der Waals surface area contributed by atoms with Crippen molar-refractivity contribution in [3.63, 3.8) is 0 Å². The van der Waals surface area contributed by atoms with E-state index in [9.17, 15) is 18.0 Å². The first-order valence-corrected chi connectivity index (χ1v) is 16.4. The quantitative estimate of drug-likeness (QED) is 0.189. The largest absolute Gasteiger partial charge is 0.495 e. The van der Waals surface area contributed by atoms with Crippen LogP contribution in [0.1, 0.15) is 44.2 Å². The Kier molecular flexibility index (Phi) is 12.6. The molecule has 3 aromatic carbocycles. The summed E-state index contributed by atoms with van der Waals surface area (Å²) in [5.74, 6) is -0.598. The van der Waals surface area contributed by atoms with Crippen LogP contribution in [0.4, 0.5) is 5.69 Å². The number of sulfonamides is 1. The van der Waals surface area contributed by atoms with Crippen LogP contribution < -0.4 is 14.4 Å². The fourth-order valence-electron chi connectivity index (χ4n) is 4.44. The van der Waals surface area contributed by atoms with Crippen LogP contribution in [0.15, 0.2) is 65.6 Å². The van der Waals surface area contributed by atoms with E-state index >= 15 is 0 Å². The molecule has 1 N–H and O–H groups in total. The number of aryl methyl sites for hydroxylation is 1. The van der Waals surface area contributed by atoms with E-state index in [0.29, 0.717) is 27.9 Å². The Morgan fingerprint density at radius 3 is 2.23 bits per heavy atom. The normalized spacial score (nSPS) is 12.0. The molecule has 0 aromatic heterocycles. The molecule has 0 radical (unpaired) electrons. The Bertz CT molecular complexity index is 1530. The van der Waals surface area contributed by atoms with Gasteiger partial charge >= 0.3 is 0 Å². The van der Waals surface area contributed by atoms with Crippen LogP contribution in [-0.2, 0) is 26.2 Å². The molecule has 3 rings (SSSR count). The van der Waals surface area contributed by atoms with Crippen LogP contribution in [0.3, 0.4) is 0 Å². The molecule has 12 heteroatoms. The third-order valence-electron chi connectivity index (χ3n) is 6.88. The van der Waals surface area contributed by atoms with Crippen LogP contribution in [-0.4, -0.2) is 51.4 Å². The highest BCUT2D eigenvalue weighted by atomic mass is 35.5. The number of amides is 2. The molecule has 0 bridgehead atoms. The molecule has 0 aliphatic heterocycles. The molecule has 232 valence electrons. The van der Waals surface area contributed by atoms with E-state index < -0.39 is 28.5 Å². The molecule has 0 heterocycles. The lowest BCUT2D eigenvalue weighted by atomic mass is 10.1. The van der Waals surface area contributed by atoms with E-state index in [2.05, 4.69) is 5.32 Å². The van der Waals surface area contributed by atoms with E-state index in [1.165, 1.54) is 42.3 Å². The van der Waals surface area contributed by atoms with Crippen molar-refractivity contribution in [2.75, 3.05) is 24.5 Å². The summed E-state index contributed by atoms with van der Waals surface area (Å²) in [7, 11) is -2.80. The van der Waals surface area contributed by atoms with Crippen molar-refractivity contribution in [1.29, 1.82) is 0 Å². The van der Waals surface area contributed by atoms with Gasteiger partial charge in [0.2, 0.25) is 11.8 Å². The summed E-state index contributed by atoms with van der Waals surface area (Å²) in [6.07, 6.45) is 1.95. The third-order valence-corrected chi connectivity index (χ3v) is 9.55. The SMILES string of the molecule is CCCCNC(=O)C(CC)N(Cc1ccc(Cl)cc1Cl)C(=O)CN(c1ccc(OC)c(Cl)c1)S(=O)(=O)c1ccc(C)cc1. The van der Waals surface area contributed by atoms with Gasteiger partial charge in [-0.15, -0.1) is 0 Å². The summed E-state index contributed by atoms with van der Waals surface area (Å²) in [6.45, 7) is 5.44. The van der Waals surface area contributed by atoms with Crippen LogP contribution in [0.2, 0.25) is 15.1 Å². The number of rotatable bonds is 14. The zero-order valence-electron chi connectivity index (χ0n) is 24.6. The van der Waals surface area contributed by atoms with E-state index in [0.717, 1.165) is 22.7 Å². The van der Waals surface area contributed by atoms with Crippen LogP contribution in [0.25, 0.3) is 0 Å². The summed E-state index contributed by atoms with van der Waals surface area (Å²) >= 11 is 18.9. The minimum Gasteiger partial charge on any atom is -0.495 e. The molecule has 0 saturated heterocycles. The molecule has 0 aliphatic rings. The Hall–Kier alpha value is -2.98. The number of carbonyl (C=O) groups is 2. The van der Waals surface area contributed by atoms with Gasteiger partial charge in [-0.25, -0.2) is 8.42 Å². The maximum Gasteiger partial charge on any atom is 0.264 e. The minimum absolute atomic E-state index is 0.00511. The van der Waals surface area contributed by atoms with Crippen molar-refractivity contribution in [2.24, 2.45) is 0 Å². The van der Waals surface area contributed by atoms with E-state index in [1.807, 2.05) is 13.8 Å². The summed E-state index contributed by atoms with van der Waals surface area (Å²) in [4.78, 5) is 28.9. The number of anilines is 1. The Morgan fingerprint density at radius 2 is 1.65 bits per heavy atom. The standard InChI is InChI=1S/C31H36Cl3N3O5S/c1-5-7-16-35-31(39)28(6-2)36(19-22-10-11-23(32)17-26(22)33)30(38)20-37(24-12-15-29(42-4)27(34)18-24)43(40,41)25-13-8-21(3)9-14-25/h8-15,17-18,28H,5-7,16,19-20H2,1-4H3,(H,35,39). The van der Waals surface area contributed by atoms with Crippen LogP contribution in [0, 0.1) is 6.92 Å². The van der Waals surface area contributed by atoms with Crippen molar-refractivity contribution in [3.05, 3.63) is 86.9 Å². The summed E-state index contributed by atoms with van der Waals surface area (Å²) < 4.78 is 34.3. The number of carbonyl (C=O) groups excluding carboxylic acids is 2. The number of nitrogens with one attached hydrogen (secondary N) is 1. The number of hydrogen-bond donors (Lipinski definition) is 1. The average molecular weight is 669 g/mol. The van der Waals surface area contributed by atoms with Gasteiger partial charge in [-0.1, -0.05) is 78.8 Å². The van der Waals surface area contributed by atoms with E-state index in [-0.39, 0.29) is 34.5 Å². The minimum atomic E-state index is -4.25. The smallest absolute Gasteiger partial charge is 0.264 e. The molecule has 2 amide bonds. The number of methoxy groups -OCH3 is 1. The molecular formula is C31H36Cl3N3O5S. The molecule has 0 fully saturated rings. The van der Waals surface area contributed by atoms with Gasteiger partial charge in [0.1, 0.15) is 18.3 Å². The van der Waals surface area contributed by atoms with Gasteiger partial charge < -0.3 is 15.0 Å². The molecule has 0 saturated carbocycles. The molecule has 0 spiro atoms. The van der Waals surface area contributed by atoms with Gasteiger partial charge in [0.25, 0.3) is 10.0 Å². The van der Waals surface area contributed by atoms with Crippen molar-refractivity contribution in [2.45, 2.75) is 57.5 Å². The number of ether oxygens (including phenoxy) is 1. The first-order chi connectivity index (χ1) is 20.4. The fraction of sp³-hybridized carbons (Fsp3) is 0.355. The van der Waals surface area contributed by atoms with Crippen molar-refractivity contribution in [3.8, 4) is 5.75 Å². The average Bonchev–Trinajstić information content (AvgIpc) is 2.97. The first kappa shape index (κ1) is 34.5. The Morgan fingerprint density at radius 1 is 0.953 bits per heavy atom. The molecule has 1 atom stereocenters. The van der Waals surface area contributed by atoms with E-state index in [4.69, 9.17) is 39.5 Å². The van der Waals surface area contributed by atoms with Crippen LogP contribution >= 0.6 is 34.8 Å². The Balaban J connectivity index is 2.09. The second kappa shape index (κ2) is 15.7. The maximum absolute atomic E-state index is 14.2. The second-order valence-corrected chi connectivity index (χ2v) is 13.1. The van der Waals surface area contributed by atoms with Gasteiger partial charge in [0.05, 0.1) is 22.7 Å². The Labute approximate surface area is 268 Å². The van der Waals surface area contributed by atoms with Crippen molar-refractivity contribution in [1.82, 2.24) is 10.2 Å². The number of unbranched alkanes of at least 4 members (excludes halogenated alkanes) is 1. The van der Waals surface area contributed by atoms with Gasteiger partial charge in [0.15, 0.2) is 0 Å².